The van der Waals surface area contributed by atoms with Gasteiger partial charge in [0.05, 0.1) is 11.1 Å². The standard InChI is InChI=1S/C19H27N3O3/c1-11(2)16(20)8-9-21(5)17(23)13(4)22-18(24)14-7-6-12(3)10-15(14)19(22)25/h6-7,10-11,13,16H,8-9,20H2,1-5H3. The van der Waals surface area contributed by atoms with Gasteiger partial charge >= 0.3 is 0 Å². The van der Waals surface area contributed by atoms with Crippen molar-refractivity contribution in [2.45, 2.75) is 46.2 Å². The first kappa shape index (κ1) is 19.1. The van der Waals surface area contributed by atoms with Crippen LogP contribution in [0.3, 0.4) is 0 Å². The smallest absolute Gasteiger partial charge is 0.262 e. The predicted octanol–water partition coefficient (Wildman–Crippen LogP) is 1.81. The lowest BCUT2D eigenvalue weighted by Gasteiger charge is -2.28. The summed E-state index contributed by atoms with van der Waals surface area (Å²) >= 11 is 0. The van der Waals surface area contributed by atoms with E-state index in [0.29, 0.717) is 30.0 Å². The third-order valence-corrected chi connectivity index (χ3v) is 4.85. The minimum absolute atomic E-state index is 0.00726. The number of hydrogen-bond donors (Lipinski definition) is 1. The molecule has 2 rings (SSSR count). The summed E-state index contributed by atoms with van der Waals surface area (Å²) in [5.74, 6) is -0.743. The molecular formula is C19H27N3O3. The maximum Gasteiger partial charge on any atom is 0.262 e. The fourth-order valence-electron chi connectivity index (χ4n) is 2.94. The van der Waals surface area contributed by atoms with Crippen LogP contribution in [0, 0.1) is 12.8 Å². The van der Waals surface area contributed by atoms with Gasteiger partial charge in [0.25, 0.3) is 11.8 Å². The summed E-state index contributed by atoms with van der Waals surface area (Å²) in [5, 5.41) is 0. The van der Waals surface area contributed by atoms with Gasteiger partial charge < -0.3 is 10.6 Å². The lowest BCUT2D eigenvalue weighted by Crippen LogP contribution is -2.49. The van der Waals surface area contributed by atoms with Crippen LogP contribution in [0.15, 0.2) is 18.2 Å². The zero-order valence-corrected chi connectivity index (χ0v) is 15.6. The van der Waals surface area contributed by atoms with Crippen LogP contribution in [0.4, 0.5) is 0 Å². The van der Waals surface area contributed by atoms with Gasteiger partial charge in [-0.15, -0.1) is 0 Å². The lowest BCUT2D eigenvalue weighted by atomic mass is 10.0. The van der Waals surface area contributed by atoms with Gasteiger partial charge in [-0.2, -0.15) is 0 Å². The molecule has 1 heterocycles. The van der Waals surface area contributed by atoms with Crippen LogP contribution in [-0.4, -0.2) is 53.2 Å². The van der Waals surface area contributed by atoms with Gasteiger partial charge in [0, 0.05) is 19.6 Å². The normalized spacial score (nSPS) is 16.2. The summed E-state index contributed by atoms with van der Waals surface area (Å²) < 4.78 is 0. The van der Waals surface area contributed by atoms with Crippen LogP contribution in [0.25, 0.3) is 0 Å². The van der Waals surface area contributed by atoms with E-state index in [-0.39, 0.29) is 11.9 Å². The molecule has 1 aromatic rings. The number of carbonyl (C=O) groups excluding carboxylic acids is 3. The van der Waals surface area contributed by atoms with Crippen LogP contribution >= 0.6 is 0 Å². The van der Waals surface area contributed by atoms with Crippen molar-refractivity contribution in [1.29, 1.82) is 0 Å². The number of nitrogens with two attached hydrogens (primary N) is 1. The fraction of sp³-hybridized carbons (Fsp3) is 0.526. The Hall–Kier alpha value is -2.21. The minimum Gasteiger partial charge on any atom is -0.344 e. The Kier molecular flexibility index (Phi) is 5.62. The molecule has 1 aliphatic heterocycles. The molecule has 0 bridgehead atoms. The molecule has 0 aliphatic carbocycles. The Morgan fingerprint density at radius 2 is 1.76 bits per heavy atom. The van der Waals surface area contributed by atoms with E-state index in [4.69, 9.17) is 5.73 Å². The van der Waals surface area contributed by atoms with E-state index >= 15 is 0 Å². The summed E-state index contributed by atoms with van der Waals surface area (Å²) in [4.78, 5) is 40.4. The molecule has 25 heavy (non-hydrogen) atoms. The quantitative estimate of drug-likeness (QED) is 0.797. The van der Waals surface area contributed by atoms with Crippen molar-refractivity contribution in [3.8, 4) is 0 Å². The van der Waals surface area contributed by atoms with E-state index in [1.165, 1.54) is 0 Å². The molecule has 3 amide bonds. The van der Waals surface area contributed by atoms with Crippen molar-refractivity contribution < 1.29 is 14.4 Å². The maximum atomic E-state index is 12.7. The van der Waals surface area contributed by atoms with Crippen molar-refractivity contribution in [3.05, 3.63) is 34.9 Å². The topological polar surface area (TPSA) is 83.7 Å². The largest absolute Gasteiger partial charge is 0.344 e. The molecule has 2 N–H and O–H groups in total. The highest BCUT2D eigenvalue weighted by atomic mass is 16.2. The molecule has 0 saturated heterocycles. The number of likely N-dealkylation sites (N-methyl/N-ethyl adjacent to an activating group) is 1. The van der Waals surface area contributed by atoms with Gasteiger partial charge in [0.2, 0.25) is 5.91 Å². The summed E-state index contributed by atoms with van der Waals surface area (Å²) in [7, 11) is 1.67. The van der Waals surface area contributed by atoms with E-state index in [2.05, 4.69) is 0 Å². The molecule has 1 aromatic carbocycles. The first-order chi connectivity index (χ1) is 11.6. The van der Waals surface area contributed by atoms with Gasteiger partial charge in [-0.3, -0.25) is 19.3 Å². The van der Waals surface area contributed by atoms with Crippen molar-refractivity contribution in [2.75, 3.05) is 13.6 Å². The van der Waals surface area contributed by atoms with Crippen LogP contribution in [-0.2, 0) is 4.79 Å². The highest BCUT2D eigenvalue weighted by Gasteiger charge is 2.41. The van der Waals surface area contributed by atoms with E-state index in [1.54, 1.807) is 37.1 Å². The second-order valence-corrected chi connectivity index (χ2v) is 7.16. The zero-order chi connectivity index (χ0) is 18.9. The summed E-state index contributed by atoms with van der Waals surface area (Å²) in [5.41, 5.74) is 7.66. The van der Waals surface area contributed by atoms with Crippen LogP contribution in [0.2, 0.25) is 0 Å². The van der Waals surface area contributed by atoms with E-state index in [0.717, 1.165) is 10.5 Å². The SMILES string of the molecule is Cc1ccc2c(c1)C(=O)N(C(C)C(=O)N(C)CCC(N)C(C)C)C2=O. The Morgan fingerprint density at radius 1 is 1.16 bits per heavy atom. The molecular weight excluding hydrogens is 318 g/mol. The summed E-state index contributed by atoms with van der Waals surface area (Å²) in [6, 6.07) is 4.30. The average Bonchev–Trinajstić information content (AvgIpc) is 2.81. The number of benzene rings is 1. The van der Waals surface area contributed by atoms with Crippen molar-refractivity contribution in [1.82, 2.24) is 9.80 Å². The molecule has 0 radical (unpaired) electrons. The molecule has 6 heteroatoms. The number of carbonyl (C=O) groups is 3. The second kappa shape index (κ2) is 7.35. The van der Waals surface area contributed by atoms with Crippen molar-refractivity contribution >= 4 is 17.7 Å². The third kappa shape index (κ3) is 3.74. The lowest BCUT2D eigenvalue weighted by molar-refractivity contribution is -0.133. The Morgan fingerprint density at radius 3 is 2.36 bits per heavy atom. The van der Waals surface area contributed by atoms with Gasteiger partial charge in [0.1, 0.15) is 6.04 Å². The van der Waals surface area contributed by atoms with Gasteiger partial charge in [-0.1, -0.05) is 25.5 Å². The van der Waals surface area contributed by atoms with E-state index in [9.17, 15) is 14.4 Å². The summed E-state index contributed by atoms with van der Waals surface area (Å²) in [6.07, 6.45) is 0.675. The van der Waals surface area contributed by atoms with Crippen LogP contribution in [0.5, 0.6) is 0 Å². The number of hydrogen-bond acceptors (Lipinski definition) is 4. The minimum atomic E-state index is -0.840. The summed E-state index contributed by atoms with van der Waals surface area (Å²) in [6.45, 7) is 8.02. The average molecular weight is 345 g/mol. The van der Waals surface area contributed by atoms with Crippen LogP contribution in [0.1, 0.15) is 53.5 Å². The fourth-order valence-corrected chi connectivity index (χ4v) is 2.94. The number of fused-ring (bicyclic) bond motifs is 1. The highest BCUT2D eigenvalue weighted by molar-refractivity contribution is 6.22. The first-order valence-corrected chi connectivity index (χ1v) is 8.64. The molecule has 2 unspecified atom stereocenters. The molecule has 0 spiro atoms. The number of amides is 3. The van der Waals surface area contributed by atoms with E-state index < -0.39 is 17.9 Å². The van der Waals surface area contributed by atoms with Crippen molar-refractivity contribution in [3.63, 3.8) is 0 Å². The Balaban J connectivity index is 2.10. The molecule has 0 aromatic heterocycles. The maximum absolute atomic E-state index is 12.7. The second-order valence-electron chi connectivity index (χ2n) is 7.16. The molecule has 2 atom stereocenters. The Labute approximate surface area is 149 Å². The molecule has 0 fully saturated rings. The van der Waals surface area contributed by atoms with Gasteiger partial charge in [0.15, 0.2) is 0 Å². The number of imide groups is 1. The predicted molar refractivity (Wildman–Crippen MR) is 96.2 cm³/mol. The van der Waals surface area contributed by atoms with E-state index in [1.807, 2.05) is 20.8 Å². The monoisotopic (exact) mass is 345 g/mol. The van der Waals surface area contributed by atoms with Crippen LogP contribution < -0.4 is 5.73 Å². The molecule has 0 saturated carbocycles. The number of nitrogens with zero attached hydrogens (tertiary/aromatic N) is 2. The highest BCUT2D eigenvalue weighted by Crippen LogP contribution is 2.26. The number of aryl methyl sites for hydroxylation is 1. The molecule has 136 valence electrons. The Bertz CT molecular complexity index is 699. The number of rotatable bonds is 6. The van der Waals surface area contributed by atoms with Crippen molar-refractivity contribution in [2.24, 2.45) is 11.7 Å². The molecule has 1 aliphatic rings. The van der Waals surface area contributed by atoms with Gasteiger partial charge in [-0.05, 0) is 38.3 Å². The third-order valence-electron chi connectivity index (χ3n) is 4.85. The van der Waals surface area contributed by atoms with Gasteiger partial charge in [-0.25, -0.2) is 0 Å². The first-order valence-electron chi connectivity index (χ1n) is 8.64. The molecule has 6 nitrogen and oxygen atoms in total. The zero-order valence-electron chi connectivity index (χ0n) is 15.6.